The maximum atomic E-state index is 12.0. The van der Waals surface area contributed by atoms with Crippen LogP contribution in [0.4, 0.5) is 5.69 Å². The van der Waals surface area contributed by atoms with E-state index in [-0.39, 0.29) is 12.5 Å². The molecule has 0 bridgehead atoms. The molecule has 0 aliphatic rings. The molecule has 0 atom stereocenters. The number of hydrogen-bond acceptors (Lipinski definition) is 4. The summed E-state index contributed by atoms with van der Waals surface area (Å²) in [5.74, 6) is -0.789. The number of rotatable bonds is 6. The number of methoxy groups -OCH3 is 1. The Morgan fingerprint density at radius 2 is 1.65 bits per heavy atom. The van der Waals surface area contributed by atoms with Gasteiger partial charge in [-0.1, -0.05) is 42.5 Å². The van der Waals surface area contributed by atoms with Gasteiger partial charge in [0.25, 0.3) is 5.91 Å². The molecule has 0 aliphatic carbocycles. The Morgan fingerprint density at radius 3 is 2.42 bits per heavy atom. The number of amides is 1. The number of esters is 1. The zero-order valence-electron chi connectivity index (χ0n) is 14.5. The Morgan fingerprint density at radius 1 is 0.923 bits per heavy atom. The van der Waals surface area contributed by atoms with Crippen LogP contribution in [0.3, 0.4) is 0 Å². The zero-order chi connectivity index (χ0) is 18.4. The number of hydrogen-bond donors (Lipinski definition) is 2. The van der Waals surface area contributed by atoms with Gasteiger partial charge in [0.1, 0.15) is 6.54 Å². The molecular formula is C21H20N2O3. The molecule has 0 saturated carbocycles. The van der Waals surface area contributed by atoms with E-state index in [1.54, 1.807) is 12.1 Å². The number of ether oxygens (including phenoxy) is 1. The third-order valence-corrected chi connectivity index (χ3v) is 4.13. The Hall–Kier alpha value is -3.34. The van der Waals surface area contributed by atoms with Crippen LogP contribution < -0.4 is 10.6 Å². The van der Waals surface area contributed by atoms with Crippen molar-refractivity contribution in [2.75, 3.05) is 19.0 Å². The second-order valence-corrected chi connectivity index (χ2v) is 5.83. The average molecular weight is 348 g/mol. The molecule has 5 heteroatoms. The summed E-state index contributed by atoms with van der Waals surface area (Å²) in [5.41, 5.74) is 2.62. The molecule has 2 N–H and O–H groups in total. The standard InChI is InChI=1S/C21H20N2O3/c1-26-20(24)14-23-21(25)16-9-11-18(12-10-16)22-13-17-7-4-6-15-5-2-3-8-19(15)17/h2-12,22H,13-14H2,1H3,(H,23,25). The van der Waals surface area contributed by atoms with Gasteiger partial charge in [-0.05, 0) is 40.6 Å². The molecule has 1 amide bonds. The minimum Gasteiger partial charge on any atom is -0.468 e. The molecule has 132 valence electrons. The van der Waals surface area contributed by atoms with Crippen molar-refractivity contribution in [1.29, 1.82) is 0 Å². The summed E-state index contributed by atoms with van der Waals surface area (Å²) in [5, 5.41) is 8.32. The van der Waals surface area contributed by atoms with E-state index in [0.717, 1.165) is 5.69 Å². The highest BCUT2D eigenvalue weighted by Gasteiger charge is 2.08. The van der Waals surface area contributed by atoms with Gasteiger partial charge < -0.3 is 15.4 Å². The van der Waals surface area contributed by atoms with Crippen LogP contribution >= 0.6 is 0 Å². The second-order valence-electron chi connectivity index (χ2n) is 5.83. The van der Waals surface area contributed by atoms with Gasteiger partial charge >= 0.3 is 5.97 Å². The topological polar surface area (TPSA) is 67.4 Å². The van der Waals surface area contributed by atoms with Gasteiger partial charge in [-0.3, -0.25) is 9.59 Å². The molecule has 0 heterocycles. The second kappa shape index (κ2) is 8.16. The van der Waals surface area contributed by atoms with E-state index in [0.29, 0.717) is 12.1 Å². The Balaban J connectivity index is 1.62. The highest BCUT2D eigenvalue weighted by atomic mass is 16.5. The van der Waals surface area contributed by atoms with E-state index in [2.05, 4.69) is 39.6 Å². The minimum atomic E-state index is -0.480. The summed E-state index contributed by atoms with van der Waals surface area (Å²) in [6.07, 6.45) is 0. The molecule has 5 nitrogen and oxygen atoms in total. The first-order valence-electron chi connectivity index (χ1n) is 8.33. The van der Waals surface area contributed by atoms with E-state index < -0.39 is 5.97 Å². The fourth-order valence-corrected chi connectivity index (χ4v) is 2.71. The molecule has 0 unspecified atom stereocenters. The normalized spacial score (nSPS) is 10.3. The zero-order valence-corrected chi connectivity index (χ0v) is 14.5. The van der Waals surface area contributed by atoms with Crippen LogP contribution in [0.5, 0.6) is 0 Å². The Kier molecular flexibility index (Phi) is 5.49. The van der Waals surface area contributed by atoms with E-state index in [1.807, 2.05) is 30.3 Å². The van der Waals surface area contributed by atoms with E-state index in [4.69, 9.17) is 0 Å². The summed E-state index contributed by atoms with van der Waals surface area (Å²) in [7, 11) is 1.28. The van der Waals surface area contributed by atoms with Crippen LogP contribution in [-0.2, 0) is 16.1 Å². The lowest BCUT2D eigenvalue weighted by molar-refractivity contribution is -0.139. The van der Waals surface area contributed by atoms with Crippen molar-refractivity contribution in [3.05, 3.63) is 77.9 Å². The molecule has 0 radical (unpaired) electrons. The van der Waals surface area contributed by atoms with E-state index in [1.165, 1.54) is 23.4 Å². The maximum absolute atomic E-state index is 12.0. The van der Waals surface area contributed by atoms with E-state index in [9.17, 15) is 9.59 Å². The van der Waals surface area contributed by atoms with Gasteiger partial charge in [-0.15, -0.1) is 0 Å². The average Bonchev–Trinajstić information content (AvgIpc) is 2.70. The Labute approximate surface area is 152 Å². The molecule has 0 fully saturated rings. The molecule has 26 heavy (non-hydrogen) atoms. The van der Waals surface area contributed by atoms with Crippen molar-refractivity contribution in [2.24, 2.45) is 0 Å². The van der Waals surface area contributed by atoms with Gasteiger partial charge in [0.2, 0.25) is 0 Å². The lowest BCUT2D eigenvalue weighted by Gasteiger charge is -2.10. The van der Waals surface area contributed by atoms with Gasteiger partial charge in [0, 0.05) is 17.8 Å². The van der Waals surface area contributed by atoms with Crippen molar-refractivity contribution < 1.29 is 14.3 Å². The largest absolute Gasteiger partial charge is 0.468 e. The fraction of sp³-hybridized carbons (Fsp3) is 0.143. The smallest absolute Gasteiger partial charge is 0.325 e. The molecule has 0 saturated heterocycles. The highest BCUT2D eigenvalue weighted by Crippen LogP contribution is 2.20. The van der Waals surface area contributed by atoms with Crippen LogP contribution in [0.25, 0.3) is 10.8 Å². The summed E-state index contributed by atoms with van der Waals surface area (Å²) < 4.78 is 4.50. The first-order chi connectivity index (χ1) is 12.7. The first kappa shape index (κ1) is 17.5. The molecule has 0 spiro atoms. The minimum absolute atomic E-state index is 0.142. The molecule has 3 aromatic rings. The van der Waals surface area contributed by atoms with Crippen LogP contribution in [0.1, 0.15) is 15.9 Å². The number of anilines is 1. The summed E-state index contributed by atoms with van der Waals surface area (Å²) in [4.78, 5) is 23.0. The van der Waals surface area contributed by atoms with Crippen molar-refractivity contribution in [3.63, 3.8) is 0 Å². The summed E-state index contributed by atoms with van der Waals surface area (Å²) in [6.45, 7) is 0.547. The van der Waals surface area contributed by atoms with E-state index >= 15 is 0 Å². The van der Waals surface area contributed by atoms with Crippen LogP contribution in [0.15, 0.2) is 66.7 Å². The van der Waals surface area contributed by atoms with Crippen molar-refractivity contribution in [3.8, 4) is 0 Å². The van der Waals surface area contributed by atoms with Crippen LogP contribution in [0, 0.1) is 0 Å². The predicted octanol–water partition coefficient (Wildman–Crippen LogP) is 3.35. The lowest BCUT2D eigenvalue weighted by atomic mass is 10.0. The number of carbonyl (C=O) groups excluding carboxylic acids is 2. The van der Waals surface area contributed by atoms with Crippen LogP contribution in [-0.4, -0.2) is 25.5 Å². The quantitative estimate of drug-likeness (QED) is 0.671. The van der Waals surface area contributed by atoms with Gasteiger partial charge in [0.15, 0.2) is 0 Å². The summed E-state index contributed by atoms with van der Waals surface area (Å²) in [6, 6.07) is 21.7. The molecule has 0 aliphatic heterocycles. The Bertz CT molecular complexity index is 915. The predicted molar refractivity (Wildman–Crippen MR) is 102 cm³/mol. The number of benzene rings is 3. The maximum Gasteiger partial charge on any atom is 0.325 e. The van der Waals surface area contributed by atoms with Gasteiger partial charge in [-0.25, -0.2) is 0 Å². The van der Waals surface area contributed by atoms with Crippen molar-refractivity contribution >= 4 is 28.3 Å². The van der Waals surface area contributed by atoms with Crippen molar-refractivity contribution in [1.82, 2.24) is 5.32 Å². The SMILES string of the molecule is COC(=O)CNC(=O)c1ccc(NCc2cccc3ccccc23)cc1. The third kappa shape index (κ3) is 4.19. The fourth-order valence-electron chi connectivity index (χ4n) is 2.71. The molecular weight excluding hydrogens is 328 g/mol. The third-order valence-electron chi connectivity index (χ3n) is 4.13. The lowest BCUT2D eigenvalue weighted by Crippen LogP contribution is -2.30. The molecule has 3 aromatic carbocycles. The summed E-state index contributed by atoms with van der Waals surface area (Å²) >= 11 is 0. The monoisotopic (exact) mass is 348 g/mol. The first-order valence-corrected chi connectivity index (χ1v) is 8.33. The highest BCUT2D eigenvalue weighted by molar-refractivity contribution is 5.96. The molecule has 0 aromatic heterocycles. The number of fused-ring (bicyclic) bond motifs is 1. The number of carbonyl (C=O) groups is 2. The van der Waals surface area contributed by atoms with Crippen LogP contribution in [0.2, 0.25) is 0 Å². The molecule has 3 rings (SSSR count). The van der Waals surface area contributed by atoms with Gasteiger partial charge in [-0.2, -0.15) is 0 Å². The number of nitrogens with one attached hydrogen (secondary N) is 2. The van der Waals surface area contributed by atoms with Crippen molar-refractivity contribution in [2.45, 2.75) is 6.54 Å². The van der Waals surface area contributed by atoms with Gasteiger partial charge in [0.05, 0.1) is 7.11 Å².